The van der Waals surface area contributed by atoms with Crippen LogP contribution in [0.3, 0.4) is 0 Å². The number of nitrogens with one attached hydrogen (secondary N) is 4. The number of hydrogen-bond acceptors (Lipinski definition) is 6. The standard InChI is InChI=1S/C50H43N4O6P3/c1-5-36-17-25-40(26-18-36)51-62(56,52-41-27-19-37(6-2)20-28-41)58-44-33-34-48(50(35-44)61(55)49-16-12-10-14-46(49)45-13-9-11-15-47(45)59-61)60-63(57,53-42-29-21-38(7-3)22-30-42)54-43-31-23-39(8-4)24-32-43/h5-35H,1-4H2,(H2,51,52,56)(H2,53,54,57). The van der Waals surface area contributed by atoms with E-state index in [0.717, 1.165) is 27.8 Å². The molecule has 7 aromatic carbocycles. The summed E-state index contributed by atoms with van der Waals surface area (Å²) < 4.78 is 65.9. The first kappa shape index (κ1) is 42.5. The molecule has 4 N–H and O–H groups in total. The second kappa shape index (κ2) is 18.0. The van der Waals surface area contributed by atoms with Crippen LogP contribution >= 0.6 is 22.7 Å². The van der Waals surface area contributed by atoms with E-state index >= 15 is 13.7 Å². The minimum Gasteiger partial charge on any atom is -0.436 e. The molecule has 1 unspecified atom stereocenters. The molecule has 0 saturated carbocycles. The highest BCUT2D eigenvalue weighted by Gasteiger charge is 2.42. The molecule has 1 atom stereocenters. The fourth-order valence-corrected chi connectivity index (χ4v) is 12.4. The molecule has 8 rings (SSSR count). The average Bonchev–Trinajstić information content (AvgIpc) is 3.30. The number of fused-ring (bicyclic) bond motifs is 3. The van der Waals surface area contributed by atoms with Gasteiger partial charge in [0.15, 0.2) is 0 Å². The molecule has 0 bridgehead atoms. The first-order valence-corrected chi connectivity index (χ1v) is 24.6. The van der Waals surface area contributed by atoms with E-state index in [1.807, 2.05) is 72.8 Å². The maximum atomic E-state index is 16.0. The Morgan fingerprint density at radius 1 is 0.460 bits per heavy atom. The minimum absolute atomic E-state index is 0.00649. The molecule has 7 aromatic rings. The number of anilines is 4. The fraction of sp³-hybridized carbons (Fsp3) is 0. The van der Waals surface area contributed by atoms with Crippen molar-refractivity contribution in [3.63, 3.8) is 0 Å². The van der Waals surface area contributed by atoms with Crippen LogP contribution in [0.5, 0.6) is 17.2 Å². The van der Waals surface area contributed by atoms with Crippen LogP contribution in [0.15, 0.2) is 190 Å². The van der Waals surface area contributed by atoms with E-state index in [-0.39, 0.29) is 16.8 Å². The van der Waals surface area contributed by atoms with E-state index in [9.17, 15) is 0 Å². The van der Waals surface area contributed by atoms with Gasteiger partial charge in [-0.3, -0.25) is 24.9 Å². The van der Waals surface area contributed by atoms with Crippen molar-refractivity contribution >= 4 is 80.4 Å². The highest BCUT2D eigenvalue weighted by Crippen LogP contribution is 2.58. The topological polar surface area (TPSA) is 127 Å². The van der Waals surface area contributed by atoms with Gasteiger partial charge in [0.2, 0.25) is 0 Å². The number of rotatable bonds is 17. The Labute approximate surface area is 367 Å². The molecule has 0 saturated heterocycles. The minimum atomic E-state index is -4.21. The summed E-state index contributed by atoms with van der Waals surface area (Å²) in [5, 5.41) is 12.6. The van der Waals surface area contributed by atoms with Gasteiger partial charge >= 0.3 is 22.7 Å². The molecule has 1 aliphatic rings. The first-order chi connectivity index (χ1) is 30.5. The third-order valence-electron chi connectivity index (χ3n) is 10.0. The lowest BCUT2D eigenvalue weighted by atomic mass is 10.0. The van der Waals surface area contributed by atoms with Crippen LogP contribution in [-0.2, 0) is 13.7 Å². The Kier molecular flexibility index (Phi) is 12.2. The van der Waals surface area contributed by atoms with Gasteiger partial charge in [0.05, 0.1) is 10.6 Å². The van der Waals surface area contributed by atoms with Gasteiger partial charge in [-0.05, 0) is 107 Å². The van der Waals surface area contributed by atoms with Gasteiger partial charge in [0, 0.05) is 28.3 Å². The molecule has 63 heavy (non-hydrogen) atoms. The molecule has 0 aliphatic carbocycles. The van der Waals surface area contributed by atoms with Gasteiger partial charge in [0.1, 0.15) is 17.2 Å². The summed E-state index contributed by atoms with van der Waals surface area (Å²) in [4.78, 5) is 0. The summed E-state index contributed by atoms with van der Waals surface area (Å²) in [5.74, 6) is 0.363. The Morgan fingerprint density at radius 2 is 0.857 bits per heavy atom. The molecular formula is C50H43N4O6P3. The van der Waals surface area contributed by atoms with Crippen molar-refractivity contribution in [2.45, 2.75) is 0 Å². The van der Waals surface area contributed by atoms with E-state index in [1.54, 1.807) is 97.1 Å². The molecular weight excluding hydrogens is 845 g/mol. The average molecular weight is 889 g/mol. The van der Waals surface area contributed by atoms with Crippen LogP contribution < -0.4 is 44.5 Å². The molecule has 1 aliphatic heterocycles. The molecule has 0 radical (unpaired) electrons. The Bertz CT molecular complexity index is 2880. The Morgan fingerprint density at radius 3 is 1.30 bits per heavy atom. The molecule has 0 fully saturated rings. The Balaban J connectivity index is 1.26. The second-order valence-corrected chi connectivity index (χ2v) is 20.0. The van der Waals surface area contributed by atoms with Crippen molar-refractivity contribution < 1.29 is 27.3 Å². The summed E-state index contributed by atoms with van der Waals surface area (Å²) in [5.41, 5.74) is 6.82. The third kappa shape index (κ3) is 9.50. The summed E-state index contributed by atoms with van der Waals surface area (Å²) in [7, 11) is -12.5. The van der Waals surface area contributed by atoms with Crippen LogP contribution in [-0.4, -0.2) is 0 Å². The third-order valence-corrected chi connectivity index (χ3v) is 15.6. The van der Waals surface area contributed by atoms with E-state index in [0.29, 0.717) is 39.4 Å². The SMILES string of the molecule is C=Cc1ccc(NP(=O)(Nc2ccc(C=C)cc2)Oc2ccc(OP(=O)(Nc3ccc(C=C)cc3)Nc3ccc(C=C)cc3)c(P3(=O)Oc4ccccc4-c4ccccc43)c2)cc1. The molecule has 0 amide bonds. The quantitative estimate of drug-likeness (QED) is 0.0656. The van der Waals surface area contributed by atoms with Crippen LogP contribution in [0.2, 0.25) is 0 Å². The van der Waals surface area contributed by atoms with Crippen molar-refractivity contribution in [3.8, 4) is 28.4 Å². The molecule has 0 aromatic heterocycles. The second-order valence-electron chi connectivity index (χ2n) is 14.3. The maximum absolute atomic E-state index is 16.0. The molecule has 314 valence electrons. The summed E-state index contributed by atoms with van der Waals surface area (Å²) >= 11 is 0. The zero-order chi connectivity index (χ0) is 44.0. The van der Waals surface area contributed by atoms with Crippen molar-refractivity contribution in [1.82, 2.24) is 0 Å². The lowest BCUT2D eigenvalue weighted by molar-refractivity contribution is 0.482. The maximum Gasteiger partial charge on any atom is 0.444 e. The zero-order valence-corrected chi connectivity index (χ0v) is 36.7. The first-order valence-electron chi connectivity index (χ1n) is 19.8. The number of para-hydroxylation sites is 1. The van der Waals surface area contributed by atoms with Crippen molar-refractivity contribution in [2.24, 2.45) is 0 Å². The molecule has 1 heterocycles. The predicted molar refractivity (Wildman–Crippen MR) is 263 cm³/mol. The normalized spacial score (nSPS) is 14.0. The monoisotopic (exact) mass is 888 g/mol. The Hall–Kier alpha value is -7.21. The van der Waals surface area contributed by atoms with E-state index in [1.165, 1.54) is 18.2 Å². The number of hydrogen-bond donors (Lipinski definition) is 4. The van der Waals surface area contributed by atoms with Gasteiger partial charge in [-0.1, -0.05) is 136 Å². The van der Waals surface area contributed by atoms with Crippen LogP contribution in [0.1, 0.15) is 22.3 Å². The molecule has 13 heteroatoms. The van der Waals surface area contributed by atoms with Gasteiger partial charge in [-0.15, -0.1) is 0 Å². The lowest BCUT2D eigenvalue weighted by Gasteiger charge is -2.31. The van der Waals surface area contributed by atoms with Gasteiger partial charge in [-0.2, -0.15) is 0 Å². The van der Waals surface area contributed by atoms with E-state index < -0.39 is 22.7 Å². The van der Waals surface area contributed by atoms with Gasteiger partial charge in [-0.25, -0.2) is 9.13 Å². The van der Waals surface area contributed by atoms with Crippen molar-refractivity contribution in [1.29, 1.82) is 0 Å². The highest BCUT2D eigenvalue weighted by atomic mass is 31.2. The molecule has 0 spiro atoms. The largest absolute Gasteiger partial charge is 0.444 e. The van der Waals surface area contributed by atoms with Gasteiger partial charge < -0.3 is 13.6 Å². The zero-order valence-electron chi connectivity index (χ0n) is 34.0. The van der Waals surface area contributed by atoms with Crippen molar-refractivity contribution in [2.75, 3.05) is 20.3 Å². The van der Waals surface area contributed by atoms with E-state index in [4.69, 9.17) is 13.6 Å². The summed E-state index contributed by atoms with van der Waals surface area (Å²) in [6, 6.07) is 47.6. The highest BCUT2D eigenvalue weighted by molar-refractivity contribution is 7.75. The van der Waals surface area contributed by atoms with Crippen LogP contribution in [0.4, 0.5) is 22.7 Å². The summed E-state index contributed by atoms with van der Waals surface area (Å²) in [6.07, 6.45) is 6.81. The number of benzene rings is 7. The van der Waals surface area contributed by atoms with Crippen molar-refractivity contribution in [3.05, 3.63) is 212 Å². The van der Waals surface area contributed by atoms with Gasteiger partial charge in [0.25, 0.3) is 0 Å². The van der Waals surface area contributed by atoms with Crippen LogP contribution in [0, 0.1) is 0 Å². The smallest absolute Gasteiger partial charge is 0.436 e. The summed E-state index contributed by atoms with van der Waals surface area (Å²) in [6.45, 7) is 15.3. The lowest BCUT2D eigenvalue weighted by Crippen LogP contribution is -2.27. The van der Waals surface area contributed by atoms with E-state index in [2.05, 4.69) is 46.7 Å². The predicted octanol–water partition coefficient (Wildman–Crippen LogP) is 14.0. The fourth-order valence-electron chi connectivity index (χ4n) is 6.84. The van der Waals surface area contributed by atoms with Crippen LogP contribution in [0.25, 0.3) is 35.4 Å². The molecule has 10 nitrogen and oxygen atoms in total.